The van der Waals surface area contributed by atoms with Gasteiger partial charge in [-0.1, -0.05) is 0 Å². The molecule has 2 N–H and O–H groups in total. The lowest BCUT2D eigenvalue weighted by Gasteiger charge is -2.07. The number of benzene rings is 2. The summed E-state index contributed by atoms with van der Waals surface area (Å²) >= 11 is 4.14. The third kappa shape index (κ3) is 4.61. The van der Waals surface area contributed by atoms with Gasteiger partial charge in [-0.15, -0.1) is 12.6 Å². The number of thiol groups is 1. The van der Waals surface area contributed by atoms with E-state index < -0.39 is 11.7 Å². The Morgan fingerprint density at radius 1 is 1.00 bits per heavy atom. The third-order valence-electron chi connectivity index (χ3n) is 2.67. The molecular formula is C15H13FN2O2S. The molecule has 0 spiro atoms. The molecule has 0 saturated heterocycles. The second-order valence-corrected chi connectivity index (χ2v) is 4.80. The van der Waals surface area contributed by atoms with Crippen molar-refractivity contribution in [1.82, 2.24) is 5.32 Å². The van der Waals surface area contributed by atoms with Gasteiger partial charge in [0.05, 0.1) is 6.54 Å². The first-order chi connectivity index (χ1) is 10.0. The van der Waals surface area contributed by atoms with Crippen LogP contribution in [0, 0.1) is 5.82 Å². The first kappa shape index (κ1) is 15.1. The molecule has 2 amide bonds. The fourth-order valence-corrected chi connectivity index (χ4v) is 1.76. The van der Waals surface area contributed by atoms with Crippen LogP contribution < -0.4 is 10.6 Å². The van der Waals surface area contributed by atoms with Gasteiger partial charge in [0.25, 0.3) is 5.91 Å². The number of nitrogens with one attached hydrogen (secondary N) is 2. The van der Waals surface area contributed by atoms with Crippen LogP contribution >= 0.6 is 12.6 Å². The molecule has 2 aromatic rings. The number of rotatable bonds is 4. The van der Waals surface area contributed by atoms with E-state index in [2.05, 4.69) is 23.3 Å². The smallest absolute Gasteiger partial charge is 0.251 e. The van der Waals surface area contributed by atoms with Gasteiger partial charge in [0.2, 0.25) is 5.91 Å². The van der Waals surface area contributed by atoms with Gasteiger partial charge < -0.3 is 10.6 Å². The fraction of sp³-hybridized carbons (Fsp3) is 0.0667. The average molecular weight is 304 g/mol. The van der Waals surface area contributed by atoms with E-state index in [1.165, 1.54) is 24.3 Å². The Labute approximate surface area is 126 Å². The van der Waals surface area contributed by atoms with E-state index in [1.807, 2.05) is 0 Å². The predicted molar refractivity (Wildman–Crippen MR) is 81.1 cm³/mol. The molecule has 0 fully saturated rings. The number of amides is 2. The number of carbonyl (C=O) groups is 2. The minimum Gasteiger partial charge on any atom is -0.343 e. The molecule has 0 saturated carbocycles. The van der Waals surface area contributed by atoms with E-state index in [1.54, 1.807) is 24.3 Å². The monoisotopic (exact) mass is 304 g/mol. The number of anilines is 1. The minimum atomic E-state index is -0.434. The van der Waals surface area contributed by atoms with Gasteiger partial charge in [-0.2, -0.15) is 0 Å². The van der Waals surface area contributed by atoms with Crippen LogP contribution in [0.5, 0.6) is 0 Å². The zero-order chi connectivity index (χ0) is 15.2. The van der Waals surface area contributed by atoms with E-state index in [0.717, 1.165) is 4.90 Å². The maximum Gasteiger partial charge on any atom is 0.251 e. The molecular weight excluding hydrogens is 291 g/mol. The van der Waals surface area contributed by atoms with Crippen molar-refractivity contribution < 1.29 is 14.0 Å². The summed E-state index contributed by atoms with van der Waals surface area (Å²) in [5, 5.41) is 5.10. The summed E-state index contributed by atoms with van der Waals surface area (Å²) in [6, 6.07) is 12.0. The van der Waals surface area contributed by atoms with Crippen molar-refractivity contribution in [2.45, 2.75) is 4.90 Å². The van der Waals surface area contributed by atoms with Crippen LogP contribution in [0.15, 0.2) is 53.4 Å². The second kappa shape index (κ2) is 6.90. The van der Waals surface area contributed by atoms with E-state index in [0.29, 0.717) is 11.3 Å². The summed E-state index contributed by atoms with van der Waals surface area (Å²) in [5.74, 6) is -1.20. The Bertz CT molecular complexity index is 642. The Balaban J connectivity index is 1.84. The maximum absolute atomic E-state index is 12.7. The van der Waals surface area contributed by atoms with Crippen molar-refractivity contribution >= 4 is 30.1 Å². The van der Waals surface area contributed by atoms with Crippen molar-refractivity contribution in [3.05, 3.63) is 59.9 Å². The van der Waals surface area contributed by atoms with Crippen LogP contribution in [-0.4, -0.2) is 18.4 Å². The van der Waals surface area contributed by atoms with Gasteiger partial charge in [-0.25, -0.2) is 4.39 Å². The zero-order valence-corrected chi connectivity index (χ0v) is 11.9. The predicted octanol–water partition coefficient (Wildman–Crippen LogP) is 2.48. The standard InChI is InChI=1S/C15H13FN2O2S/c16-11-3-1-10(2-4-11)15(20)17-9-14(19)18-12-5-7-13(21)8-6-12/h1-8,21H,9H2,(H,17,20)(H,18,19). The van der Waals surface area contributed by atoms with Crippen molar-refractivity contribution in [1.29, 1.82) is 0 Å². The third-order valence-corrected chi connectivity index (χ3v) is 2.97. The summed E-state index contributed by atoms with van der Waals surface area (Å²) < 4.78 is 12.7. The molecule has 0 aliphatic rings. The SMILES string of the molecule is O=C(CNC(=O)c1ccc(F)cc1)Nc1ccc(S)cc1. The summed E-state index contributed by atoms with van der Waals surface area (Å²) in [6.45, 7) is -0.168. The summed E-state index contributed by atoms with van der Waals surface area (Å²) in [4.78, 5) is 24.2. The molecule has 6 heteroatoms. The van der Waals surface area contributed by atoms with Crippen LogP contribution in [0.3, 0.4) is 0 Å². The molecule has 0 unspecified atom stereocenters. The van der Waals surface area contributed by atoms with E-state index >= 15 is 0 Å². The van der Waals surface area contributed by atoms with Gasteiger partial charge in [0.15, 0.2) is 0 Å². The molecule has 0 bridgehead atoms. The fourth-order valence-electron chi connectivity index (χ4n) is 1.61. The lowest BCUT2D eigenvalue weighted by Crippen LogP contribution is -2.32. The second-order valence-electron chi connectivity index (χ2n) is 4.28. The topological polar surface area (TPSA) is 58.2 Å². The van der Waals surface area contributed by atoms with Gasteiger partial charge in [-0.05, 0) is 48.5 Å². The van der Waals surface area contributed by atoms with Crippen LogP contribution in [0.4, 0.5) is 10.1 Å². The Hall–Kier alpha value is -2.34. The minimum absolute atomic E-state index is 0.168. The molecule has 0 aromatic heterocycles. The molecule has 0 radical (unpaired) electrons. The summed E-state index contributed by atoms with van der Waals surface area (Å²) in [5.41, 5.74) is 0.914. The highest BCUT2D eigenvalue weighted by Crippen LogP contribution is 2.11. The quantitative estimate of drug-likeness (QED) is 0.760. The van der Waals surface area contributed by atoms with Gasteiger partial charge in [0, 0.05) is 16.1 Å². The van der Waals surface area contributed by atoms with Crippen LogP contribution in [-0.2, 0) is 4.79 Å². The zero-order valence-electron chi connectivity index (χ0n) is 11.0. The first-order valence-corrected chi connectivity index (χ1v) is 6.62. The van der Waals surface area contributed by atoms with Gasteiger partial charge in [-0.3, -0.25) is 9.59 Å². The number of hydrogen-bond acceptors (Lipinski definition) is 3. The summed E-state index contributed by atoms with van der Waals surface area (Å²) in [7, 11) is 0. The van der Waals surface area contributed by atoms with Crippen LogP contribution in [0.25, 0.3) is 0 Å². The lowest BCUT2D eigenvalue weighted by atomic mass is 10.2. The molecule has 0 heterocycles. The number of halogens is 1. The molecule has 2 rings (SSSR count). The highest BCUT2D eigenvalue weighted by atomic mass is 32.1. The molecule has 0 aliphatic carbocycles. The summed E-state index contributed by atoms with van der Waals surface area (Å²) in [6.07, 6.45) is 0. The van der Waals surface area contributed by atoms with E-state index in [9.17, 15) is 14.0 Å². The number of hydrogen-bond donors (Lipinski definition) is 3. The van der Waals surface area contributed by atoms with Crippen LogP contribution in [0.1, 0.15) is 10.4 Å². The highest BCUT2D eigenvalue weighted by molar-refractivity contribution is 7.80. The molecule has 2 aromatic carbocycles. The average Bonchev–Trinajstić information content (AvgIpc) is 2.48. The van der Waals surface area contributed by atoms with Gasteiger partial charge >= 0.3 is 0 Å². The molecule has 0 aliphatic heterocycles. The molecule has 108 valence electrons. The molecule has 4 nitrogen and oxygen atoms in total. The Morgan fingerprint density at radius 2 is 1.62 bits per heavy atom. The maximum atomic E-state index is 12.7. The van der Waals surface area contributed by atoms with Gasteiger partial charge in [0.1, 0.15) is 5.82 Å². The Morgan fingerprint density at radius 3 is 2.24 bits per heavy atom. The molecule has 0 atom stereocenters. The van der Waals surface area contributed by atoms with Crippen molar-refractivity contribution in [3.63, 3.8) is 0 Å². The largest absolute Gasteiger partial charge is 0.343 e. The normalized spacial score (nSPS) is 10.0. The number of carbonyl (C=O) groups excluding carboxylic acids is 2. The molecule has 21 heavy (non-hydrogen) atoms. The van der Waals surface area contributed by atoms with Crippen molar-refractivity contribution in [3.8, 4) is 0 Å². The first-order valence-electron chi connectivity index (χ1n) is 6.17. The van der Waals surface area contributed by atoms with E-state index in [4.69, 9.17) is 0 Å². The lowest BCUT2D eigenvalue weighted by molar-refractivity contribution is -0.115. The van der Waals surface area contributed by atoms with Crippen molar-refractivity contribution in [2.75, 3.05) is 11.9 Å². The highest BCUT2D eigenvalue weighted by Gasteiger charge is 2.08. The van der Waals surface area contributed by atoms with Crippen LogP contribution in [0.2, 0.25) is 0 Å². The Kier molecular flexibility index (Phi) is 4.94. The van der Waals surface area contributed by atoms with Crippen molar-refractivity contribution in [2.24, 2.45) is 0 Å². The van der Waals surface area contributed by atoms with E-state index in [-0.39, 0.29) is 12.5 Å².